The first kappa shape index (κ1) is 22.2. The average molecular weight is 414 g/mol. The van der Waals surface area contributed by atoms with Crippen LogP contribution in [-0.2, 0) is 20.7 Å². The summed E-state index contributed by atoms with van der Waals surface area (Å²) >= 11 is 6.05. The lowest BCUT2D eigenvalue weighted by molar-refractivity contribution is -0.143. The lowest BCUT2D eigenvalue weighted by Gasteiger charge is -2.18. The van der Waals surface area contributed by atoms with E-state index in [4.69, 9.17) is 27.5 Å². The van der Waals surface area contributed by atoms with Gasteiger partial charge in [-0.1, -0.05) is 48.0 Å². The van der Waals surface area contributed by atoms with E-state index in [1.807, 2.05) is 48.5 Å². The Morgan fingerprint density at radius 1 is 1.21 bits per heavy atom. The van der Waals surface area contributed by atoms with E-state index < -0.39 is 17.9 Å². The van der Waals surface area contributed by atoms with Gasteiger partial charge in [-0.3, -0.25) is 9.59 Å². The summed E-state index contributed by atoms with van der Waals surface area (Å²) in [6, 6.07) is 14.9. The number of benzene rings is 2. The molecule has 29 heavy (non-hydrogen) atoms. The molecule has 1 unspecified atom stereocenters. The van der Waals surface area contributed by atoms with Crippen LogP contribution in [0.15, 0.2) is 60.3 Å². The van der Waals surface area contributed by atoms with Crippen molar-refractivity contribution in [1.82, 2.24) is 5.32 Å². The van der Waals surface area contributed by atoms with Crippen LogP contribution in [0.5, 0.6) is 0 Å². The third kappa shape index (κ3) is 7.08. The molecule has 0 saturated heterocycles. The summed E-state index contributed by atoms with van der Waals surface area (Å²) in [5.41, 5.74) is 8.50. The minimum atomic E-state index is -0.529. The minimum Gasteiger partial charge on any atom is -0.466 e. The number of esters is 1. The Kier molecular flexibility index (Phi) is 8.43. The zero-order valence-corrected chi connectivity index (χ0v) is 16.9. The van der Waals surface area contributed by atoms with Crippen LogP contribution in [0.2, 0.25) is 5.02 Å². The highest BCUT2D eigenvalue weighted by atomic mass is 35.5. The smallest absolute Gasteiger partial charge is 0.307 e. The Bertz CT molecular complexity index is 894. The second kappa shape index (κ2) is 11.0. The van der Waals surface area contributed by atoms with Gasteiger partial charge in [-0.15, -0.1) is 0 Å². The maximum Gasteiger partial charge on any atom is 0.307 e. The Labute approximate surface area is 175 Å². The van der Waals surface area contributed by atoms with Crippen molar-refractivity contribution in [3.8, 4) is 11.1 Å². The molecule has 0 aliphatic rings. The Morgan fingerprint density at radius 2 is 1.93 bits per heavy atom. The summed E-state index contributed by atoms with van der Waals surface area (Å²) in [4.78, 5) is 24.1. The lowest BCUT2D eigenvalue weighted by Crippen LogP contribution is -2.40. The zero-order valence-electron chi connectivity index (χ0n) is 16.2. The quantitative estimate of drug-likeness (QED) is 0.332. The summed E-state index contributed by atoms with van der Waals surface area (Å²) < 4.78 is 5.00. The van der Waals surface area contributed by atoms with E-state index in [0.29, 0.717) is 11.4 Å². The molecule has 0 spiro atoms. The van der Waals surface area contributed by atoms with E-state index >= 15 is 0 Å². The summed E-state index contributed by atoms with van der Waals surface area (Å²) in [6.07, 6.45) is 2.58. The number of ether oxygens (including phenoxy) is 1. The molecule has 0 bridgehead atoms. The predicted octanol–water partition coefficient (Wildman–Crippen LogP) is 3.48. The molecule has 0 aliphatic heterocycles. The topological polar surface area (TPSA) is 105 Å². The van der Waals surface area contributed by atoms with Gasteiger partial charge in [0.2, 0.25) is 0 Å². The van der Waals surface area contributed by atoms with Gasteiger partial charge in [0, 0.05) is 17.3 Å². The van der Waals surface area contributed by atoms with Crippen molar-refractivity contribution in [2.45, 2.75) is 25.8 Å². The van der Waals surface area contributed by atoms with Gasteiger partial charge >= 0.3 is 5.97 Å². The van der Waals surface area contributed by atoms with E-state index in [0.717, 1.165) is 22.9 Å². The monoisotopic (exact) mass is 413 g/mol. The third-order valence-corrected chi connectivity index (χ3v) is 4.41. The van der Waals surface area contributed by atoms with Gasteiger partial charge in [-0.25, -0.2) is 0 Å². The molecule has 1 atom stereocenters. The molecule has 0 saturated carbocycles. The number of rotatable bonds is 9. The highest BCUT2D eigenvalue weighted by Gasteiger charge is 2.19. The molecule has 2 aromatic rings. The number of nitrogens with one attached hydrogen (secondary N) is 2. The fourth-order valence-electron chi connectivity index (χ4n) is 2.82. The van der Waals surface area contributed by atoms with Crippen LogP contribution in [0.4, 0.5) is 0 Å². The van der Waals surface area contributed by atoms with Crippen LogP contribution < -0.4 is 11.1 Å². The van der Waals surface area contributed by atoms with Crippen LogP contribution in [0, 0.1) is 5.41 Å². The largest absolute Gasteiger partial charge is 0.466 e. The molecule has 6 nitrogen and oxygen atoms in total. The van der Waals surface area contributed by atoms with Crippen LogP contribution in [0.3, 0.4) is 0 Å². The molecular weight excluding hydrogens is 390 g/mol. The molecule has 7 heteroatoms. The summed E-state index contributed by atoms with van der Waals surface area (Å²) in [5, 5.41) is 10.4. The lowest BCUT2D eigenvalue weighted by atomic mass is 9.99. The molecule has 0 radical (unpaired) electrons. The van der Waals surface area contributed by atoms with E-state index in [2.05, 4.69) is 5.32 Å². The second-order valence-electron chi connectivity index (χ2n) is 6.38. The highest BCUT2D eigenvalue weighted by molar-refractivity contribution is 6.30. The summed E-state index contributed by atoms with van der Waals surface area (Å²) in [5.74, 6) is -0.929. The first-order valence-corrected chi connectivity index (χ1v) is 9.58. The van der Waals surface area contributed by atoms with Crippen molar-refractivity contribution in [2.75, 3.05) is 6.61 Å². The maximum absolute atomic E-state index is 12.2. The molecule has 1 amide bonds. The fraction of sp³-hybridized carbons (Fsp3) is 0.227. The zero-order chi connectivity index (χ0) is 21.2. The van der Waals surface area contributed by atoms with E-state index in [9.17, 15) is 9.59 Å². The van der Waals surface area contributed by atoms with Gasteiger partial charge in [0.15, 0.2) is 0 Å². The van der Waals surface area contributed by atoms with E-state index in [1.165, 1.54) is 6.08 Å². The Hall–Kier alpha value is -3.12. The van der Waals surface area contributed by atoms with Crippen molar-refractivity contribution >= 4 is 29.7 Å². The average Bonchev–Trinajstić information content (AvgIpc) is 2.68. The summed E-state index contributed by atoms with van der Waals surface area (Å²) in [6.45, 7) is 1.99. The van der Waals surface area contributed by atoms with Crippen molar-refractivity contribution in [1.29, 1.82) is 5.41 Å². The minimum absolute atomic E-state index is 0.0213. The molecule has 152 valence electrons. The number of nitrogens with two attached hydrogens (primary N) is 1. The maximum atomic E-state index is 12.2. The molecular formula is C22H24ClN3O3. The van der Waals surface area contributed by atoms with Crippen LogP contribution in [0.1, 0.15) is 18.9 Å². The van der Waals surface area contributed by atoms with Crippen LogP contribution >= 0.6 is 11.6 Å². The van der Waals surface area contributed by atoms with Gasteiger partial charge in [-0.05, 0) is 48.2 Å². The first-order valence-electron chi connectivity index (χ1n) is 9.20. The number of halogens is 1. The molecule has 2 rings (SSSR count). The van der Waals surface area contributed by atoms with E-state index in [1.54, 1.807) is 6.92 Å². The van der Waals surface area contributed by atoms with Crippen molar-refractivity contribution in [3.63, 3.8) is 0 Å². The Balaban J connectivity index is 2.14. The second-order valence-corrected chi connectivity index (χ2v) is 6.82. The van der Waals surface area contributed by atoms with Crippen molar-refractivity contribution in [3.05, 3.63) is 70.9 Å². The van der Waals surface area contributed by atoms with Crippen molar-refractivity contribution in [2.24, 2.45) is 5.73 Å². The standard InChI is InChI=1S/C22H24ClN3O3/c1-2-29-21(27)14-19(26-22(28)20(25)10-11-24)12-15-6-8-16(9-7-15)17-4-3-5-18(23)13-17/h3-11,13,19,24H,2,12,14,25H2,1H3,(H,26,28). The number of carbonyl (C=O) groups excluding carboxylic acids is 2. The van der Waals surface area contributed by atoms with Gasteiger partial charge in [-0.2, -0.15) is 0 Å². The molecule has 0 aliphatic carbocycles. The molecule has 2 aromatic carbocycles. The van der Waals surface area contributed by atoms with Gasteiger partial charge in [0.05, 0.1) is 18.7 Å². The predicted molar refractivity (Wildman–Crippen MR) is 115 cm³/mol. The SMILES string of the molecule is CCOC(=O)CC(Cc1ccc(-c2cccc(Cl)c2)cc1)NC(=O)C(N)=CC=N. The van der Waals surface area contributed by atoms with Crippen LogP contribution in [0.25, 0.3) is 11.1 Å². The van der Waals surface area contributed by atoms with E-state index in [-0.39, 0.29) is 18.7 Å². The number of amides is 1. The number of carbonyl (C=O) groups is 2. The molecule has 0 fully saturated rings. The summed E-state index contributed by atoms with van der Waals surface area (Å²) in [7, 11) is 0. The molecule has 0 aromatic heterocycles. The highest BCUT2D eigenvalue weighted by Crippen LogP contribution is 2.23. The third-order valence-electron chi connectivity index (χ3n) is 4.17. The Morgan fingerprint density at radius 3 is 2.55 bits per heavy atom. The number of hydrogen-bond donors (Lipinski definition) is 3. The van der Waals surface area contributed by atoms with Gasteiger partial charge in [0.25, 0.3) is 5.91 Å². The number of allylic oxidation sites excluding steroid dienone is 1. The molecule has 4 N–H and O–H groups in total. The number of hydrogen-bond acceptors (Lipinski definition) is 5. The molecule has 0 heterocycles. The van der Waals surface area contributed by atoms with Crippen molar-refractivity contribution < 1.29 is 14.3 Å². The van der Waals surface area contributed by atoms with Crippen LogP contribution in [-0.4, -0.2) is 30.7 Å². The fourth-order valence-corrected chi connectivity index (χ4v) is 3.01. The van der Waals surface area contributed by atoms with Gasteiger partial charge < -0.3 is 21.2 Å². The first-order chi connectivity index (χ1) is 13.9. The van der Waals surface area contributed by atoms with Gasteiger partial charge in [0.1, 0.15) is 0 Å². The normalized spacial score (nSPS) is 12.1.